The zero-order valence-electron chi connectivity index (χ0n) is 14.4. The Hall–Kier alpha value is -0.970. The van der Waals surface area contributed by atoms with E-state index in [1.807, 2.05) is 0 Å². The van der Waals surface area contributed by atoms with Crippen LogP contribution in [0.2, 0.25) is 0 Å². The van der Waals surface area contributed by atoms with E-state index in [4.69, 9.17) is 35.4 Å². The molecule has 0 spiro atoms. The van der Waals surface area contributed by atoms with Gasteiger partial charge >= 0.3 is 0 Å². The highest BCUT2D eigenvalue weighted by Crippen LogP contribution is 2.20. The van der Waals surface area contributed by atoms with Crippen molar-refractivity contribution in [1.29, 1.82) is 0 Å². The molecule has 0 radical (unpaired) electrons. The van der Waals surface area contributed by atoms with Crippen LogP contribution in [-0.4, -0.2) is 126 Å². The molecule has 2 aliphatic rings. The third-order valence-electron chi connectivity index (χ3n) is 4.14. The number of hydrogen-bond acceptors (Lipinski definition) is 12. The lowest BCUT2D eigenvalue weighted by molar-refractivity contribution is -0.286. The van der Waals surface area contributed by atoms with Crippen LogP contribution in [0.3, 0.4) is 0 Å². The lowest BCUT2D eigenvalue weighted by Gasteiger charge is -2.40. The van der Waals surface area contributed by atoms with Crippen LogP contribution < -0.4 is 5.32 Å². The van der Waals surface area contributed by atoms with Crippen LogP contribution in [0.4, 0.5) is 0 Å². The molecular formula is C14H27NO12. The summed E-state index contributed by atoms with van der Waals surface area (Å²) in [6.07, 6.45) is -12.3. The van der Waals surface area contributed by atoms with Gasteiger partial charge < -0.3 is 60.7 Å². The average Bonchev–Trinajstić information content (AvgIpc) is 2.63. The first-order valence-electron chi connectivity index (χ1n) is 8.11. The van der Waals surface area contributed by atoms with Gasteiger partial charge in [0.1, 0.15) is 48.8 Å². The van der Waals surface area contributed by atoms with Crippen LogP contribution in [0.15, 0.2) is 0 Å². The van der Waals surface area contributed by atoms with Gasteiger partial charge in [-0.25, -0.2) is 0 Å². The second-order valence-corrected chi connectivity index (χ2v) is 6.17. The molecule has 10 N–H and O–H groups in total. The minimum atomic E-state index is -1.57. The lowest BCUT2D eigenvalue weighted by atomic mass is 9.97. The quantitative estimate of drug-likeness (QED) is 0.213. The van der Waals surface area contributed by atoms with Gasteiger partial charge in [-0.3, -0.25) is 4.79 Å². The summed E-state index contributed by atoms with van der Waals surface area (Å²) in [5, 5.41) is 84.1. The third-order valence-corrected chi connectivity index (χ3v) is 4.14. The summed E-state index contributed by atoms with van der Waals surface area (Å²) in [5.41, 5.74) is 0. The second kappa shape index (κ2) is 10.5. The second-order valence-electron chi connectivity index (χ2n) is 6.17. The predicted octanol–water partition coefficient (Wildman–Crippen LogP) is -6.30. The Bertz CT molecular complexity index is 463. The molecule has 0 aromatic carbocycles. The van der Waals surface area contributed by atoms with Gasteiger partial charge in [-0.05, 0) is 0 Å². The van der Waals surface area contributed by atoms with Gasteiger partial charge in [0.25, 0.3) is 0 Å². The maximum atomic E-state index is 10.7. The number of aliphatic hydroxyl groups is 9. The summed E-state index contributed by atoms with van der Waals surface area (Å²) in [5.74, 6) is -0.462. The number of nitrogens with one attached hydrogen (secondary N) is 1. The average molecular weight is 401 g/mol. The summed E-state index contributed by atoms with van der Waals surface area (Å²) >= 11 is 0. The van der Waals surface area contributed by atoms with E-state index in [1.54, 1.807) is 0 Å². The molecule has 27 heavy (non-hydrogen) atoms. The monoisotopic (exact) mass is 401 g/mol. The number of rotatable bonds is 3. The van der Waals surface area contributed by atoms with Gasteiger partial charge in [-0.2, -0.15) is 0 Å². The smallest absolute Gasteiger partial charge is 0.217 e. The van der Waals surface area contributed by atoms with Gasteiger partial charge in [-0.15, -0.1) is 0 Å². The predicted molar refractivity (Wildman–Crippen MR) is 83.6 cm³/mol. The van der Waals surface area contributed by atoms with E-state index in [2.05, 4.69) is 10.1 Å². The van der Waals surface area contributed by atoms with Crippen LogP contribution in [0.5, 0.6) is 0 Å². The molecule has 13 nitrogen and oxygen atoms in total. The molecule has 10 unspecified atom stereocenters. The molecule has 0 saturated carbocycles. The fourth-order valence-electron chi connectivity index (χ4n) is 2.57. The van der Waals surface area contributed by atoms with Crippen LogP contribution in [0.1, 0.15) is 6.92 Å². The first-order valence-corrected chi connectivity index (χ1v) is 8.11. The van der Waals surface area contributed by atoms with Crippen molar-refractivity contribution < 1.29 is 60.2 Å². The minimum Gasteiger partial charge on any atom is -0.394 e. The molecule has 2 rings (SSSR count). The molecule has 10 atom stereocenters. The molecule has 2 saturated heterocycles. The highest BCUT2D eigenvalue weighted by molar-refractivity contribution is 5.73. The van der Waals surface area contributed by atoms with Crippen molar-refractivity contribution in [3.63, 3.8) is 0 Å². The van der Waals surface area contributed by atoms with Crippen molar-refractivity contribution in [2.24, 2.45) is 0 Å². The van der Waals surface area contributed by atoms with Crippen LogP contribution in [-0.2, 0) is 14.3 Å². The number of ether oxygens (including phenoxy) is 2. The van der Waals surface area contributed by atoms with E-state index < -0.39 is 80.5 Å². The van der Waals surface area contributed by atoms with E-state index in [0.29, 0.717) is 0 Å². The maximum absolute atomic E-state index is 10.7. The number of hydrogen-bond donors (Lipinski definition) is 10. The Morgan fingerprint density at radius 1 is 0.741 bits per heavy atom. The Labute approximate surface area is 154 Å². The van der Waals surface area contributed by atoms with Crippen LogP contribution in [0.25, 0.3) is 0 Å². The fourth-order valence-corrected chi connectivity index (χ4v) is 2.57. The molecular weight excluding hydrogens is 374 g/mol. The van der Waals surface area contributed by atoms with Crippen molar-refractivity contribution in [2.75, 3.05) is 13.2 Å². The Kier molecular flexibility index (Phi) is 9.40. The maximum Gasteiger partial charge on any atom is 0.217 e. The first kappa shape index (κ1) is 24.1. The molecule has 13 heteroatoms. The number of amides is 1. The van der Waals surface area contributed by atoms with Crippen molar-refractivity contribution >= 4 is 5.91 Å². The summed E-state index contributed by atoms with van der Waals surface area (Å²) < 4.78 is 9.39. The van der Waals surface area contributed by atoms with E-state index in [1.165, 1.54) is 6.92 Å². The highest BCUT2D eigenvalue weighted by atomic mass is 16.6. The zero-order valence-corrected chi connectivity index (χ0v) is 14.4. The number of carbonyl (C=O) groups excluding carboxylic acids is 1. The summed E-state index contributed by atoms with van der Waals surface area (Å²) in [4.78, 5) is 10.7. The fraction of sp³-hybridized carbons (Fsp3) is 0.929. The van der Waals surface area contributed by atoms with Crippen LogP contribution in [0, 0.1) is 0 Å². The highest BCUT2D eigenvalue weighted by Gasteiger charge is 2.44. The van der Waals surface area contributed by atoms with Gasteiger partial charge in [0.15, 0.2) is 12.6 Å². The topological polar surface area (TPSA) is 230 Å². The largest absolute Gasteiger partial charge is 0.394 e. The molecule has 2 aliphatic heterocycles. The Balaban J connectivity index is 0.000000277. The first-order chi connectivity index (χ1) is 12.5. The van der Waals surface area contributed by atoms with Crippen LogP contribution >= 0.6 is 0 Å². The Morgan fingerprint density at radius 3 is 1.63 bits per heavy atom. The van der Waals surface area contributed by atoms with E-state index >= 15 is 0 Å². The van der Waals surface area contributed by atoms with E-state index in [9.17, 15) is 20.1 Å². The molecule has 0 aromatic heterocycles. The summed E-state index contributed by atoms with van der Waals surface area (Å²) in [6.45, 7) is 0.161. The molecule has 1 amide bonds. The molecule has 160 valence electrons. The summed E-state index contributed by atoms with van der Waals surface area (Å²) in [7, 11) is 0. The molecule has 0 bridgehead atoms. The Morgan fingerprint density at radius 2 is 1.19 bits per heavy atom. The minimum absolute atomic E-state index is 0.462. The van der Waals surface area contributed by atoms with Gasteiger partial charge in [0, 0.05) is 6.92 Å². The SMILES string of the molecule is CC(=O)NC1C(O)OC(CO)C(O)C1O.OCC1OC(O)C(O)C(O)C1O. The van der Waals surface area contributed by atoms with Crippen molar-refractivity contribution in [2.45, 2.75) is 68.3 Å². The normalized spacial score (nSPS) is 44.8. The summed E-state index contributed by atoms with van der Waals surface area (Å²) in [6, 6.07) is -1.10. The standard InChI is InChI=1S/C8H15NO6.C6H12O6/c1-3(11)9-5-7(13)6(12)4(2-10)15-8(5)14;7-1-2-3(8)4(9)5(10)6(11)12-2/h4-8,10,12-14H,2H2,1H3,(H,9,11);2-11H,1H2. The number of aliphatic hydroxyl groups excluding tert-OH is 9. The number of carbonyl (C=O) groups is 1. The lowest BCUT2D eigenvalue weighted by Crippen LogP contribution is -2.63. The molecule has 2 fully saturated rings. The van der Waals surface area contributed by atoms with Gasteiger partial charge in [0.2, 0.25) is 5.91 Å². The van der Waals surface area contributed by atoms with Crippen molar-refractivity contribution in [3.05, 3.63) is 0 Å². The van der Waals surface area contributed by atoms with E-state index in [-0.39, 0.29) is 0 Å². The van der Waals surface area contributed by atoms with Gasteiger partial charge in [0.05, 0.1) is 13.2 Å². The van der Waals surface area contributed by atoms with Crippen molar-refractivity contribution in [3.8, 4) is 0 Å². The molecule has 0 aliphatic carbocycles. The third kappa shape index (κ3) is 6.00. The molecule has 2 heterocycles. The van der Waals surface area contributed by atoms with Gasteiger partial charge in [-0.1, -0.05) is 0 Å². The van der Waals surface area contributed by atoms with Crippen molar-refractivity contribution in [1.82, 2.24) is 5.32 Å². The van der Waals surface area contributed by atoms with E-state index in [0.717, 1.165) is 0 Å². The zero-order chi connectivity index (χ0) is 20.9. The molecule has 0 aromatic rings.